The van der Waals surface area contributed by atoms with Crippen LogP contribution < -0.4 is 0 Å². The number of likely N-dealkylation sites (tertiary alicyclic amines) is 1. The quantitative estimate of drug-likeness (QED) is 0.925. The normalized spacial score (nSPS) is 31.8. The number of carbonyl (C=O) groups excluding carboxylic acids is 1. The van der Waals surface area contributed by atoms with Gasteiger partial charge in [0.25, 0.3) is 5.91 Å². The molecule has 0 aromatic carbocycles. The van der Waals surface area contributed by atoms with Crippen molar-refractivity contribution >= 4 is 5.91 Å². The third kappa shape index (κ3) is 3.06. The average Bonchev–Trinajstić information content (AvgIpc) is 3.15. The summed E-state index contributed by atoms with van der Waals surface area (Å²) in [6.07, 6.45) is 8.22. The molecule has 1 saturated carbocycles. The highest BCUT2D eigenvalue weighted by molar-refractivity contribution is 5.93. The van der Waals surface area contributed by atoms with Gasteiger partial charge in [0.15, 0.2) is 0 Å². The molecule has 0 unspecified atom stereocenters. The maximum atomic E-state index is 13.1. The van der Waals surface area contributed by atoms with Crippen LogP contribution in [0.25, 0.3) is 0 Å². The summed E-state index contributed by atoms with van der Waals surface area (Å²) in [5.74, 6) is 0.345. The number of rotatable bonds is 3. The van der Waals surface area contributed by atoms with Crippen LogP contribution in [0.1, 0.15) is 75.8 Å². The molecule has 1 aromatic heterocycles. The zero-order valence-corrected chi connectivity index (χ0v) is 14.7. The Bertz CT molecular complexity index is 561. The van der Waals surface area contributed by atoms with Gasteiger partial charge >= 0.3 is 0 Å². The van der Waals surface area contributed by atoms with E-state index < -0.39 is 5.60 Å². The number of hydrogen-bond donors (Lipinski definition) is 1. The summed E-state index contributed by atoms with van der Waals surface area (Å²) in [6, 6.07) is 4.35. The number of hydrogen-bond acceptors (Lipinski definition) is 2. The number of aliphatic hydroxyl groups is 1. The first-order valence-electron chi connectivity index (χ1n) is 9.12. The van der Waals surface area contributed by atoms with Gasteiger partial charge in [-0.2, -0.15) is 0 Å². The Morgan fingerprint density at radius 3 is 2.78 bits per heavy atom. The molecule has 2 aliphatic rings. The van der Waals surface area contributed by atoms with Crippen molar-refractivity contribution in [2.24, 2.45) is 5.92 Å². The predicted molar refractivity (Wildman–Crippen MR) is 91.5 cm³/mol. The highest BCUT2D eigenvalue weighted by atomic mass is 16.3. The fourth-order valence-corrected chi connectivity index (χ4v) is 4.59. The predicted octanol–water partition coefficient (Wildman–Crippen LogP) is 3.61. The molecule has 128 valence electrons. The molecule has 2 fully saturated rings. The van der Waals surface area contributed by atoms with Gasteiger partial charge in [-0.3, -0.25) is 4.79 Å². The van der Waals surface area contributed by atoms with Crippen LogP contribution in [0.15, 0.2) is 18.3 Å². The Morgan fingerprint density at radius 2 is 2.09 bits per heavy atom. The minimum absolute atomic E-state index is 0.132. The largest absolute Gasteiger partial charge is 0.390 e. The summed E-state index contributed by atoms with van der Waals surface area (Å²) < 4.78 is 2.05. The number of aromatic nitrogens is 1. The zero-order chi connectivity index (χ0) is 16.6. The first-order chi connectivity index (χ1) is 10.9. The van der Waals surface area contributed by atoms with Gasteiger partial charge in [-0.1, -0.05) is 12.8 Å². The molecule has 0 bridgehead atoms. The minimum atomic E-state index is -0.633. The minimum Gasteiger partial charge on any atom is -0.390 e. The van der Waals surface area contributed by atoms with E-state index in [9.17, 15) is 9.90 Å². The SMILES string of the molecule is CC(C)n1cccc1C(=O)N1CCC[C@@H]1[C@H]1CCCC[C@]1(C)O. The van der Waals surface area contributed by atoms with E-state index in [0.717, 1.165) is 44.3 Å². The molecule has 1 aliphatic heterocycles. The van der Waals surface area contributed by atoms with Gasteiger partial charge in [-0.25, -0.2) is 0 Å². The van der Waals surface area contributed by atoms with E-state index in [2.05, 4.69) is 18.4 Å². The van der Waals surface area contributed by atoms with E-state index in [0.29, 0.717) is 0 Å². The molecule has 4 heteroatoms. The highest BCUT2D eigenvalue weighted by Crippen LogP contribution is 2.41. The van der Waals surface area contributed by atoms with E-state index in [1.54, 1.807) is 0 Å². The van der Waals surface area contributed by atoms with Gasteiger partial charge in [0, 0.05) is 30.7 Å². The van der Waals surface area contributed by atoms with E-state index in [1.165, 1.54) is 6.42 Å². The van der Waals surface area contributed by atoms with Crippen molar-refractivity contribution in [3.63, 3.8) is 0 Å². The molecule has 1 saturated heterocycles. The van der Waals surface area contributed by atoms with E-state index in [4.69, 9.17) is 0 Å². The van der Waals surface area contributed by atoms with Crippen LogP contribution in [-0.2, 0) is 0 Å². The van der Waals surface area contributed by atoms with Crippen LogP contribution in [-0.4, -0.2) is 38.7 Å². The number of nitrogens with zero attached hydrogens (tertiary/aromatic N) is 2. The first-order valence-corrected chi connectivity index (χ1v) is 9.12. The van der Waals surface area contributed by atoms with Gasteiger partial charge in [-0.15, -0.1) is 0 Å². The lowest BCUT2D eigenvalue weighted by molar-refractivity contribution is -0.0578. The molecule has 23 heavy (non-hydrogen) atoms. The molecule has 4 nitrogen and oxygen atoms in total. The van der Waals surface area contributed by atoms with E-state index in [-0.39, 0.29) is 23.9 Å². The van der Waals surface area contributed by atoms with Crippen LogP contribution in [0.5, 0.6) is 0 Å². The van der Waals surface area contributed by atoms with Gasteiger partial charge in [0.05, 0.1) is 5.60 Å². The molecule has 0 spiro atoms. The molecule has 2 heterocycles. The van der Waals surface area contributed by atoms with Crippen LogP contribution in [0.2, 0.25) is 0 Å². The van der Waals surface area contributed by atoms with Crippen molar-refractivity contribution in [1.82, 2.24) is 9.47 Å². The fraction of sp³-hybridized carbons (Fsp3) is 0.737. The summed E-state index contributed by atoms with van der Waals surface area (Å²) in [5.41, 5.74) is 0.147. The summed E-state index contributed by atoms with van der Waals surface area (Å²) in [6.45, 7) is 6.99. The van der Waals surface area contributed by atoms with Crippen LogP contribution >= 0.6 is 0 Å². The Labute approximate surface area is 139 Å². The molecule has 1 aliphatic carbocycles. The Morgan fingerprint density at radius 1 is 1.30 bits per heavy atom. The van der Waals surface area contributed by atoms with Crippen LogP contribution in [0.3, 0.4) is 0 Å². The molecule has 3 rings (SSSR count). The first kappa shape index (κ1) is 16.6. The van der Waals surface area contributed by atoms with Crippen LogP contribution in [0, 0.1) is 5.92 Å². The van der Waals surface area contributed by atoms with E-state index in [1.807, 2.05) is 30.2 Å². The number of carbonyl (C=O) groups is 1. The molecule has 3 atom stereocenters. The van der Waals surface area contributed by atoms with Crippen molar-refractivity contribution in [2.45, 2.75) is 77.0 Å². The van der Waals surface area contributed by atoms with Crippen molar-refractivity contribution in [3.05, 3.63) is 24.0 Å². The summed E-state index contributed by atoms with van der Waals surface area (Å²) in [7, 11) is 0. The second-order valence-corrected chi connectivity index (χ2v) is 7.81. The Kier molecular flexibility index (Phi) is 4.54. The number of amides is 1. The topological polar surface area (TPSA) is 45.5 Å². The lowest BCUT2D eigenvalue weighted by Gasteiger charge is -2.43. The Balaban J connectivity index is 1.84. The van der Waals surface area contributed by atoms with E-state index >= 15 is 0 Å². The van der Waals surface area contributed by atoms with Gasteiger partial charge in [-0.05, 0) is 58.6 Å². The summed E-state index contributed by atoms with van der Waals surface area (Å²) in [4.78, 5) is 15.2. The third-order valence-electron chi connectivity index (χ3n) is 5.83. The second kappa shape index (κ2) is 6.31. The molecular weight excluding hydrogens is 288 g/mol. The maximum absolute atomic E-state index is 13.1. The van der Waals surface area contributed by atoms with Crippen molar-refractivity contribution < 1.29 is 9.90 Å². The highest BCUT2D eigenvalue weighted by Gasteiger charge is 2.45. The van der Waals surface area contributed by atoms with Crippen molar-refractivity contribution in [2.75, 3.05) is 6.54 Å². The Hall–Kier alpha value is -1.29. The zero-order valence-electron chi connectivity index (χ0n) is 14.7. The maximum Gasteiger partial charge on any atom is 0.270 e. The smallest absolute Gasteiger partial charge is 0.270 e. The van der Waals surface area contributed by atoms with Crippen LogP contribution in [0.4, 0.5) is 0 Å². The van der Waals surface area contributed by atoms with Gasteiger partial charge in [0.2, 0.25) is 0 Å². The lowest BCUT2D eigenvalue weighted by Crippen LogP contribution is -2.50. The summed E-state index contributed by atoms with van der Waals surface area (Å²) in [5, 5.41) is 10.8. The average molecular weight is 318 g/mol. The second-order valence-electron chi connectivity index (χ2n) is 7.81. The lowest BCUT2D eigenvalue weighted by atomic mass is 9.72. The standard InChI is InChI=1S/C19H30N2O2/c1-14(2)20-12-7-10-17(20)18(22)21-13-6-9-16(21)15-8-4-5-11-19(15,3)23/h7,10,12,14-16,23H,4-6,8-9,11,13H2,1-3H3/t15-,16-,19+/m1/s1. The van der Waals surface area contributed by atoms with Crippen molar-refractivity contribution in [3.8, 4) is 0 Å². The third-order valence-corrected chi connectivity index (χ3v) is 5.83. The molecule has 0 radical (unpaired) electrons. The molecule has 1 aromatic rings. The molecule has 1 N–H and O–H groups in total. The molecular formula is C19H30N2O2. The monoisotopic (exact) mass is 318 g/mol. The molecule has 1 amide bonds. The summed E-state index contributed by atoms with van der Waals surface area (Å²) >= 11 is 0. The van der Waals surface area contributed by atoms with Gasteiger partial charge < -0.3 is 14.6 Å². The fourth-order valence-electron chi connectivity index (χ4n) is 4.59. The van der Waals surface area contributed by atoms with Gasteiger partial charge in [0.1, 0.15) is 5.69 Å². The van der Waals surface area contributed by atoms with Crippen molar-refractivity contribution in [1.29, 1.82) is 0 Å².